The number of aryl methyl sites for hydroxylation is 1. The largest absolute Gasteiger partial charge is 0.352 e. The van der Waals surface area contributed by atoms with Crippen LogP contribution in [0, 0.1) is 18.8 Å². The van der Waals surface area contributed by atoms with Gasteiger partial charge in [0.25, 0.3) is 5.91 Å². The van der Waals surface area contributed by atoms with Crippen LogP contribution in [0.15, 0.2) is 60.9 Å². The third kappa shape index (κ3) is 4.45. The summed E-state index contributed by atoms with van der Waals surface area (Å²) >= 11 is 6.26. The molecule has 0 radical (unpaired) electrons. The molecule has 1 aliphatic rings. The average molecular weight is 417 g/mol. The van der Waals surface area contributed by atoms with Crippen LogP contribution >= 0.6 is 11.6 Å². The molecule has 1 aromatic carbocycles. The van der Waals surface area contributed by atoms with Gasteiger partial charge in [-0.05, 0) is 54.8 Å². The zero-order valence-electron chi connectivity index (χ0n) is 16.7. The second-order valence-corrected chi connectivity index (χ2v) is 7.49. The third-order valence-electron chi connectivity index (χ3n) is 5.08. The highest BCUT2D eigenvalue weighted by molar-refractivity contribution is 6.32. The van der Waals surface area contributed by atoms with Crippen LogP contribution in [0.5, 0.6) is 0 Å². The number of carbonyl (C=O) groups is 1. The Morgan fingerprint density at radius 3 is 2.50 bits per heavy atom. The molecule has 6 heteroatoms. The minimum Gasteiger partial charge on any atom is -0.352 e. The molecule has 0 unspecified atom stereocenters. The molecular weight excluding hydrogens is 396 g/mol. The van der Waals surface area contributed by atoms with E-state index in [2.05, 4.69) is 26.7 Å². The molecule has 3 aromatic rings. The molecule has 30 heavy (non-hydrogen) atoms. The highest BCUT2D eigenvalue weighted by atomic mass is 35.5. The van der Waals surface area contributed by atoms with Gasteiger partial charge in [0.15, 0.2) is 0 Å². The summed E-state index contributed by atoms with van der Waals surface area (Å²) in [5, 5.41) is 0.631. The summed E-state index contributed by atoms with van der Waals surface area (Å²) in [4.78, 5) is 25.6. The Labute approximate surface area is 181 Å². The Kier molecular flexibility index (Phi) is 5.97. The van der Waals surface area contributed by atoms with E-state index in [1.165, 1.54) is 0 Å². The molecule has 150 valence electrons. The van der Waals surface area contributed by atoms with Crippen molar-refractivity contribution in [3.05, 3.63) is 88.3 Å². The summed E-state index contributed by atoms with van der Waals surface area (Å²) in [6.45, 7) is 4.62. The van der Waals surface area contributed by atoms with E-state index in [9.17, 15) is 4.79 Å². The van der Waals surface area contributed by atoms with Gasteiger partial charge in [-0.1, -0.05) is 29.7 Å². The number of hydrogen-bond donors (Lipinski definition) is 0. The monoisotopic (exact) mass is 416 g/mol. The standard InChI is InChI=1S/C24H21ClN4O/c1-18-7-8-20(17-19(18)9-10-21-5-2-3-11-26-21)24(30)29-15-13-28(14-16-29)23-22(25)6-4-12-27-23/h2-8,11-12,17H,13-16H2,1H3. The summed E-state index contributed by atoms with van der Waals surface area (Å²) in [5.74, 6) is 7.00. The molecular formula is C24H21ClN4O. The molecule has 1 fully saturated rings. The van der Waals surface area contributed by atoms with Crippen LogP contribution in [-0.2, 0) is 0 Å². The van der Waals surface area contributed by atoms with Gasteiger partial charge in [-0.2, -0.15) is 0 Å². The van der Waals surface area contributed by atoms with Crippen molar-refractivity contribution < 1.29 is 4.79 Å². The lowest BCUT2D eigenvalue weighted by atomic mass is 10.0. The van der Waals surface area contributed by atoms with Crippen LogP contribution in [0.2, 0.25) is 5.02 Å². The van der Waals surface area contributed by atoms with Crippen LogP contribution in [0.4, 0.5) is 5.82 Å². The molecule has 1 aliphatic heterocycles. The van der Waals surface area contributed by atoms with Gasteiger partial charge in [0.1, 0.15) is 11.5 Å². The first-order valence-corrected chi connectivity index (χ1v) is 10.2. The number of rotatable bonds is 2. The van der Waals surface area contributed by atoms with E-state index in [0.29, 0.717) is 42.5 Å². The lowest BCUT2D eigenvalue weighted by molar-refractivity contribution is 0.0746. The molecule has 0 aliphatic carbocycles. The van der Waals surface area contributed by atoms with Crippen molar-refractivity contribution in [1.82, 2.24) is 14.9 Å². The molecule has 5 nitrogen and oxygen atoms in total. The second kappa shape index (κ2) is 8.98. The number of nitrogens with zero attached hydrogens (tertiary/aromatic N) is 4. The number of carbonyl (C=O) groups excluding carboxylic acids is 1. The van der Waals surface area contributed by atoms with Crippen molar-refractivity contribution in [2.75, 3.05) is 31.1 Å². The fraction of sp³-hybridized carbons (Fsp3) is 0.208. The number of amides is 1. The lowest BCUT2D eigenvalue weighted by Gasteiger charge is -2.35. The zero-order valence-corrected chi connectivity index (χ0v) is 17.4. The van der Waals surface area contributed by atoms with E-state index in [1.807, 2.05) is 60.4 Å². The van der Waals surface area contributed by atoms with Crippen molar-refractivity contribution in [2.24, 2.45) is 0 Å². The Morgan fingerprint density at radius 1 is 0.967 bits per heavy atom. The smallest absolute Gasteiger partial charge is 0.254 e. The molecule has 0 N–H and O–H groups in total. The molecule has 1 saturated heterocycles. The van der Waals surface area contributed by atoms with Crippen molar-refractivity contribution in [1.29, 1.82) is 0 Å². The molecule has 1 amide bonds. The maximum atomic E-state index is 13.1. The van der Waals surface area contributed by atoms with E-state index in [-0.39, 0.29) is 5.91 Å². The number of halogens is 1. The highest BCUT2D eigenvalue weighted by Gasteiger charge is 2.24. The van der Waals surface area contributed by atoms with Crippen molar-refractivity contribution in [2.45, 2.75) is 6.92 Å². The van der Waals surface area contributed by atoms with Gasteiger partial charge in [0.05, 0.1) is 5.02 Å². The van der Waals surface area contributed by atoms with Gasteiger partial charge in [-0.15, -0.1) is 0 Å². The van der Waals surface area contributed by atoms with Gasteiger partial charge in [0, 0.05) is 49.7 Å². The van der Waals surface area contributed by atoms with Crippen LogP contribution in [0.1, 0.15) is 27.2 Å². The Balaban J connectivity index is 1.47. The topological polar surface area (TPSA) is 49.3 Å². The van der Waals surface area contributed by atoms with Gasteiger partial charge < -0.3 is 9.80 Å². The average Bonchev–Trinajstić information content (AvgIpc) is 2.79. The van der Waals surface area contributed by atoms with Crippen LogP contribution < -0.4 is 4.90 Å². The van der Waals surface area contributed by atoms with Gasteiger partial charge >= 0.3 is 0 Å². The van der Waals surface area contributed by atoms with E-state index in [1.54, 1.807) is 12.4 Å². The van der Waals surface area contributed by atoms with Gasteiger partial charge in [-0.3, -0.25) is 4.79 Å². The maximum Gasteiger partial charge on any atom is 0.254 e. The predicted octanol–water partition coefficient (Wildman–Crippen LogP) is 3.80. The molecule has 4 rings (SSSR count). The zero-order chi connectivity index (χ0) is 20.9. The first kappa shape index (κ1) is 19.9. The number of benzene rings is 1. The lowest BCUT2D eigenvalue weighted by Crippen LogP contribution is -2.49. The summed E-state index contributed by atoms with van der Waals surface area (Å²) in [6, 6.07) is 15.0. The van der Waals surface area contributed by atoms with Gasteiger partial charge in [0.2, 0.25) is 0 Å². The summed E-state index contributed by atoms with van der Waals surface area (Å²) in [6.07, 6.45) is 3.45. The number of piperazine rings is 1. The predicted molar refractivity (Wildman–Crippen MR) is 119 cm³/mol. The molecule has 0 bridgehead atoms. The fourth-order valence-corrected chi connectivity index (χ4v) is 3.61. The van der Waals surface area contributed by atoms with Crippen LogP contribution in [-0.4, -0.2) is 47.0 Å². The first-order valence-electron chi connectivity index (χ1n) is 9.80. The summed E-state index contributed by atoms with van der Waals surface area (Å²) in [7, 11) is 0. The second-order valence-electron chi connectivity index (χ2n) is 7.08. The normalized spacial score (nSPS) is 13.5. The van der Waals surface area contributed by atoms with E-state index < -0.39 is 0 Å². The Hall–Kier alpha value is -3.36. The molecule has 3 heterocycles. The van der Waals surface area contributed by atoms with E-state index >= 15 is 0 Å². The number of aromatic nitrogens is 2. The van der Waals surface area contributed by atoms with Crippen molar-refractivity contribution >= 4 is 23.3 Å². The number of anilines is 1. The first-order chi connectivity index (χ1) is 14.6. The summed E-state index contributed by atoms with van der Waals surface area (Å²) in [5.41, 5.74) is 3.23. The fourth-order valence-electron chi connectivity index (χ4n) is 3.37. The van der Waals surface area contributed by atoms with Crippen molar-refractivity contribution in [3.8, 4) is 11.8 Å². The summed E-state index contributed by atoms with van der Waals surface area (Å²) < 4.78 is 0. The third-order valence-corrected chi connectivity index (χ3v) is 5.38. The minimum atomic E-state index is 0.0163. The van der Waals surface area contributed by atoms with E-state index in [0.717, 1.165) is 16.9 Å². The Morgan fingerprint density at radius 2 is 1.77 bits per heavy atom. The SMILES string of the molecule is Cc1ccc(C(=O)N2CCN(c3ncccc3Cl)CC2)cc1C#Cc1ccccn1. The maximum absolute atomic E-state index is 13.1. The Bertz CT molecular complexity index is 1110. The van der Waals surface area contributed by atoms with Gasteiger partial charge in [-0.25, -0.2) is 9.97 Å². The highest BCUT2D eigenvalue weighted by Crippen LogP contribution is 2.24. The minimum absolute atomic E-state index is 0.0163. The number of pyridine rings is 2. The molecule has 0 atom stereocenters. The van der Waals surface area contributed by atoms with Crippen LogP contribution in [0.3, 0.4) is 0 Å². The van der Waals surface area contributed by atoms with Crippen LogP contribution in [0.25, 0.3) is 0 Å². The molecule has 2 aromatic heterocycles. The molecule has 0 saturated carbocycles. The quantitative estimate of drug-likeness (QED) is 0.596. The molecule has 0 spiro atoms. The number of hydrogen-bond acceptors (Lipinski definition) is 4. The van der Waals surface area contributed by atoms with E-state index in [4.69, 9.17) is 11.6 Å². The van der Waals surface area contributed by atoms with Crippen molar-refractivity contribution in [3.63, 3.8) is 0 Å².